The second kappa shape index (κ2) is 11.7. The third-order valence-corrected chi connectivity index (χ3v) is 4.49. The van der Waals surface area contributed by atoms with Crippen LogP contribution in [0.3, 0.4) is 0 Å². The first-order chi connectivity index (χ1) is 14.5. The quantitative estimate of drug-likeness (QED) is 0.295. The fourth-order valence-corrected chi connectivity index (χ4v) is 2.99. The van der Waals surface area contributed by atoms with Crippen molar-refractivity contribution >= 4 is 12.3 Å². The van der Waals surface area contributed by atoms with Crippen molar-refractivity contribution in [1.29, 1.82) is 0 Å². The molecule has 0 aliphatic rings. The van der Waals surface area contributed by atoms with Gasteiger partial charge >= 0.3 is 0 Å². The zero-order valence-corrected chi connectivity index (χ0v) is 17.6. The number of phenols is 1. The van der Waals surface area contributed by atoms with Gasteiger partial charge in [-0.15, -0.1) is 0 Å². The van der Waals surface area contributed by atoms with Gasteiger partial charge < -0.3 is 24.1 Å². The van der Waals surface area contributed by atoms with E-state index in [1.54, 1.807) is 30.3 Å². The van der Waals surface area contributed by atoms with Gasteiger partial charge in [-0.3, -0.25) is 9.59 Å². The second-order valence-corrected chi connectivity index (χ2v) is 6.68. The van der Waals surface area contributed by atoms with Gasteiger partial charge in [-0.1, -0.05) is 13.3 Å². The van der Waals surface area contributed by atoms with E-state index in [4.69, 9.17) is 18.9 Å². The third kappa shape index (κ3) is 6.14. The first kappa shape index (κ1) is 23.1. The first-order valence-electron chi connectivity index (χ1n) is 9.91. The Morgan fingerprint density at radius 3 is 2.30 bits per heavy atom. The molecule has 2 aromatic carbocycles. The highest BCUT2D eigenvalue weighted by Crippen LogP contribution is 2.33. The molecule has 7 nitrogen and oxygen atoms in total. The number of carbonyl (C=O) groups is 2. The van der Waals surface area contributed by atoms with Crippen molar-refractivity contribution in [2.45, 2.75) is 39.5 Å². The van der Waals surface area contributed by atoms with E-state index in [0.29, 0.717) is 60.2 Å². The van der Waals surface area contributed by atoms with Crippen molar-refractivity contribution in [3.05, 3.63) is 41.5 Å². The monoisotopic (exact) mass is 416 g/mol. The smallest absolute Gasteiger partial charge is 0.298 e. The number of hydrogen-bond donors (Lipinski definition) is 1. The van der Waals surface area contributed by atoms with Crippen LogP contribution in [0.1, 0.15) is 49.0 Å². The van der Waals surface area contributed by atoms with E-state index in [0.717, 1.165) is 19.3 Å². The number of phenolic OH excluding ortho intramolecular Hbond substituents is 1. The molecule has 0 aliphatic carbocycles. The Hall–Kier alpha value is -3.22. The zero-order valence-electron chi connectivity index (χ0n) is 17.6. The van der Waals surface area contributed by atoms with Crippen molar-refractivity contribution in [1.82, 2.24) is 0 Å². The molecular formula is C23H28O7. The van der Waals surface area contributed by atoms with Gasteiger partial charge in [0.2, 0.25) is 0 Å². The highest BCUT2D eigenvalue weighted by Gasteiger charge is 2.15. The lowest BCUT2D eigenvalue weighted by molar-refractivity contribution is -0.120. The molecule has 0 atom stereocenters. The normalized spacial score (nSPS) is 10.4. The summed E-state index contributed by atoms with van der Waals surface area (Å²) in [7, 11) is 1.52. The Bertz CT molecular complexity index is 861. The van der Waals surface area contributed by atoms with Crippen LogP contribution in [0.25, 0.3) is 0 Å². The van der Waals surface area contributed by atoms with Crippen LogP contribution >= 0.6 is 0 Å². The van der Waals surface area contributed by atoms with E-state index in [2.05, 4.69) is 0 Å². The Labute approximate surface area is 176 Å². The summed E-state index contributed by atoms with van der Waals surface area (Å²) in [6, 6.07) is 8.23. The molecule has 1 N–H and O–H groups in total. The highest BCUT2D eigenvalue weighted by atomic mass is 16.5. The van der Waals surface area contributed by atoms with Crippen LogP contribution in [0.5, 0.6) is 28.7 Å². The largest absolute Gasteiger partial charge is 0.507 e. The van der Waals surface area contributed by atoms with E-state index in [1.165, 1.54) is 14.0 Å². The molecule has 2 aromatic rings. The number of rotatable bonds is 13. The average molecular weight is 416 g/mol. The maximum absolute atomic E-state index is 11.6. The van der Waals surface area contributed by atoms with E-state index < -0.39 is 0 Å². The van der Waals surface area contributed by atoms with Gasteiger partial charge in [-0.2, -0.15) is 0 Å². The highest BCUT2D eigenvalue weighted by molar-refractivity contribution is 5.97. The molecule has 2 rings (SSSR count). The number of ether oxygens (including phenoxy) is 4. The van der Waals surface area contributed by atoms with Crippen molar-refractivity contribution in [2.24, 2.45) is 0 Å². The molecule has 0 spiro atoms. The Balaban J connectivity index is 1.85. The number of unbranched alkanes of at least 4 members (excludes halogenated alkanes) is 1. The number of aromatic hydroxyl groups is 1. The lowest BCUT2D eigenvalue weighted by atomic mass is 10.0. The van der Waals surface area contributed by atoms with E-state index in [-0.39, 0.29) is 11.5 Å². The van der Waals surface area contributed by atoms with Crippen LogP contribution in [0.4, 0.5) is 0 Å². The van der Waals surface area contributed by atoms with E-state index in [1.807, 2.05) is 6.92 Å². The maximum Gasteiger partial charge on any atom is 0.298 e. The summed E-state index contributed by atoms with van der Waals surface area (Å²) in [4.78, 5) is 22.1. The lowest BCUT2D eigenvalue weighted by Crippen LogP contribution is -2.06. The third-order valence-electron chi connectivity index (χ3n) is 4.49. The van der Waals surface area contributed by atoms with E-state index in [9.17, 15) is 14.7 Å². The number of benzene rings is 2. The van der Waals surface area contributed by atoms with Gasteiger partial charge in [0.25, 0.3) is 6.47 Å². The second-order valence-electron chi connectivity index (χ2n) is 6.68. The van der Waals surface area contributed by atoms with Gasteiger partial charge in [0, 0.05) is 11.6 Å². The summed E-state index contributed by atoms with van der Waals surface area (Å²) in [5.74, 6) is 1.87. The molecule has 0 bridgehead atoms. The fraction of sp³-hybridized carbons (Fsp3) is 0.391. The maximum atomic E-state index is 11.6. The minimum Gasteiger partial charge on any atom is -0.507 e. The van der Waals surface area contributed by atoms with Crippen LogP contribution < -0.4 is 18.9 Å². The molecule has 0 aromatic heterocycles. The minimum absolute atomic E-state index is 0.0132. The summed E-state index contributed by atoms with van der Waals surface area (Å²) in [5.41, 5.74) is 0.988. The molecule has 0 saturated carbocycles. The fourth-order valence-electron chi connectivity index (χ4n) is 2.99. The number of methoxy groups -OCH3 is 1. The Morgan fingerprint density at radius 1 is 1.03 bits per heavy atom. The molecule has 0 radical (unpaired) electrons. The summed E-state index contributed by atoms with van der Waals surface area (Å²) in [5, 5.41) is 10.4. The van der Waals surface area contributed by atoms with Gasteiger partial charge in [0.05, 0.1) is 25.9 Å². The molecule has 0 unspecified atom stereocenters. The van der Waals surface area contributed by atoms with Crippen molar-refractivity contribution < 1.29 is 33.6 Å². The number of carbonyl (C=O) groups excluding carboxylic acids is 2. The predicted octanol–water partition coefficient (Wildman–Crippen LogP) is 4.33. The first-order valence-corrected chi connectivity index (χ1v) is 9.91. The van der Waals surface area contributed by atoms with Crippen LogP contribution in [-0.2, 0) is 11.2 Å². The number of Topliss-reactive ketones (excluding diaryl/α,β-unsaturated/α-hetero) is 1. The van der Waals surface area contributed by atoms with Crippen LogP contribution in [0.2, 0.25) is 0 Å². The standard InChI is InChI=1S/C23H28O7/c1-4-7-19-20(11-9-18(16(2)25)23(19)26)28-12-5-6-13-29-21-10-8-17(30-15-24)14-22(21)27-3/h8-11,14-15,26H,4-7,12-13H2,1-3H3. The van der Waals surface area contributed by atoms with Crippen molar-refractivity contribution in [3.63, 3.8) is 0 Å². The lowest BCUT2D eigenvalue weighted by Gasteiger charge is -2.15. The molecule has 0 amide bonds. The molecule has 30 heavy (non-hydrogen) atoms. The molecule has 0 fully saturated rings. The number of hydrogen-bond acceptors (Lipinski definition) is 7. The van der Waals surface area contributed by atoms with Crippen molar-refractivity contribution in [3.8, 4) is 28.7 Å². The van der Waals surface area contributed by atoms with Crippen LogP contribution in [-0.4, -0.2) is 37.7 Å². The molecular weight excluding hydrogens is 388 g/mol. The topological polar surface area (TPSA) is 91.3 Å². The van der Waals surface area contributed by atoms with Crippen LogP contribution in [0, 0.1) is 0 Å². The van der Waals surface area contributed by atoms with Gasteiger partial charge in [-0.05, 0) is 50.5 Å². The molecule has 162 valence electrons. The average Bonchev–Trinajstić information content (AvgIpc) is 2.73. The number of ketones is 1. The van der Waals surface area contributed by atoms with Crippen molar-refractivity contribution in [2.75, 3.05) is 20.3 Å². The van der Waals surface area contributed by atoms with E-state index >= 15 is 0 Å². The summed E-state index contributed by atoms with van der Waals surface area (Å²) in [6.07, 6.45) is 2.96. The molecule has 0 heterocycles. The van der Waals surface area contributed by atoms with Gasteiger partial charge in [-0.25, -0.2) is 0 Å². The minimum atomic E-state index is -0.172. The predicted molar refractivity (Wildman–Crippen MR) is 112 cm³/mol. The summed E-state index contributed by atoms with van der Waals surface area (Å²) < 4.78 is 21.6. The Kier molecular flexibility index (Phi) is 9.00. The van der Waals surface area contributed by atoms with Gasteiger partial charge in [0.1, 0.15) is 17.2 Å². The Morgan fingerprint density at radius 2 is 1.70 bits per heavy atom. The molecule has 0 aliphatic heterocycles. The molecule has 7 heteroatoms. The van der Waals surface area contributed by atoms with Gasteiger partial charge in [0.15, 0.2) is 17.3 Å². The SMILES string of the molecule is CCCc1c(OCCCCOc2ccc(OC=O)cc2OC)ccc(C(C)=O)c1O. The summed E-state index contributed by atoms with van der Waals surface area (Å²) in [6.45, 7) is 4.72. The van der Waals surface area contributed by atoms with Crippen LogP contribution in [0.15, 0.2) is 30.3 Å². The molecule has 0 saturated heterocycles. The summed E-state index contributed by atoms with van der Waals surface area (Å²) >= 11 is 0. The zero-order chi connectivity index (χ0) is 21.9.